The molecule has 2 fully saturated rings. The molecule has 0 radical (unpaired) electrons. The van der Waals surface area contributed by atoms with Crippen LogP contribution in [0.15, 0.2) is 18.2 Å². The van der Waals surface area contributed by atoms with E-state index in [9.17, 15) is 14.7 Å². The second-order valence-corrected chi connectivity index (χ2v) is 7.20. The molecule has 0 bridgehead atoms. The molecule has 164 valence electrons. The summed E-state index contributed by atoms with van der Waals surface area (Å²) in [6.07, 6.45) is 3.17. The van der Waals surface area contributed by atoms with Crippen molar-refractivity contribution in [3.8, 4) is 17.2 Å². The molecule has 0 saturated carbocycles. The number of hydrogen-bond donors (Lipinski definition) is 1. The van der Waals surface area contributed by atoms with Crippen molar-refractivity contribution in [2.75, 3.05) is 73.2 Å². The molecular weight excluding hydrogens is 390 g/mol. The monoisotopic (exact) mass is 419 g/mol. The van der Waals surface area contributed by atoms with Crippen LogP contribution in [0.4, 0.5) is 0 Å². The minimum Gasteiger partial charge on any atom is -0.502 e. The molecule has 1 aromatic rings. The van der Waals surface area contributed by atoms with Crippen molar-refractivity contribution >= 4 is 17.9 Å². The van der Waals surface area contributed by atoms with Gasteiger partial charge in [0, 0.05) is 45.3 Å². The van der Waals surface area contributed by atoms with Crippen molar-refractivity contribution in [3.05, 3.63) is 23.8 Å². The molecule has 1 N–H and O–H groups in total. The third-order valence-electron chi connectivity index (χ3n) is 5.33. The maximum Gasteiger partial charge on any atom is 0.246 e. The van der Waals surface area contributed by atoms with Crippen LogP contribution in [0.2, 0.25) is 0 Å². The highest BCUT2D eigenvalue weighted by atomic mass is 16.5. The minimum atomic E-state index is -0.0971. The summed E-state index contributed by atoms with van der Waals surface area (Å²) in [4.78, 5) is 30.6. The Labute approximate surface area is 176 Å². The number of benzene rings is 1. The van der Waals surface area contributed by atoms with E-state index in [4.69, 9.17) is 14.2 Å². The predicted molar refractivity (Wildman–Crippen MR) is 111 cm³/mol. The topological polar surface area (TPSA) is 91.8 Å². The van der Waals surface area contributed by atoms with Gasteiger partial charge in [0.25, 0.3) is 0 Å². The summed E-state index contributed by atoms with van der Waals surface area (Å²) in [6, 6.07) is 3.27. The van der Waals surface area contributed by atoms with Gasteiger partial charge in [0.05, 0.1) is 34.0 Å². The highest BCUT2D eigenvalue weighted by Crippen LogP contribution is 2.37. The van der Waals surface area contributed by atoms with E-state index in [1.807, 2.05) is 4.90 Å². The fourth-order valence-electron chi connectivity index (χ4n) is 3.51. The lowest BCUT2D eigenvalue weighted by Crippen LogP contribution is -2.52. The number of morpholine rings is 1. The van der Waals surface area contributed by atoms with Gasteiger partial charge in [0.1, 0.15) is 0 Å². The Morgan fingerprint density at radius 2 is 1.60 bits per heavy atom. The number of phenolic OH excluding ortho intramolecular Hbond substituents is 1. The number of hydrogen-bond acceptors (Lipinski definition) is 7. The van der Waals surface area contributed by atoms with Crippen molar-refractivity contribution < 1.29 is 28.9 Å². The van der Waals surface area contributed by atoms with Crippen LogP contribution >= 0.6 is 0 Å². The quantitative estimate of drug-likeness (QED) is 0.669. The number of rotatable bonds is 6. The lowest BCUT2D eigenvalue weighted by atomic mass is 10.1. The van der Waals surface area contributed by atoms with E-state index in [1.165, 1.54) is 20.3 Å². The van der Waals surface area contributed by atoms with Crippen LogP contribution in [-0.4, -0.2) is 105 Å². The molecule has 0 aliphatic carbocycles. The third-order valence-corrected chi connectivity index (χ3v) is 5.33. The highest BCUT2D eigenvalue weighted by Gasteiger charge is 2.24. The fourth-order valence-corrected chi connectivity index (χ4v) is 3.51. The number of piperazine rings is 1. The number of phenols is 1. The second kappa shape index (κ2) is 10.3. The lowest BCUT2D eigenvalue weighted by molar-refractivity contribution is -0.137. The Kier molecular flexibility index (Phi) is 7.53. The molecule has 9 nitrogen and oxygen atoms in total. The fraction of sp³-hybridized carbons (Fsp3) is 0.524. The third kappa shape index (κ3) is 5.43. The molecule has 1 aromatic carbocycles. The molecule has 2 aliphatic heterocycles. The van der Waals surface area contributed by atoms with E-state index in [-0.39, 0.29) is 29.1 Å². The Morgan fingerprint density at radius 3 is 2.17 bits per heavy atom. The van der Waals surface area contributed by atoms with Crippen molar-refractivity contribution in [2.45, 2.75) is 0 Å². The molecule has 2 heterocycles. The van der Waals surface area contributed by atoms with E-state index in [2.05, 4.69) is 4.90 Å². The average Bonchev–Trinajstić information content (AvgIpc) is 2.79. The number of amides is 2. The standard InChI is InChI=1S/C21H29N3O6/c1-28-17-13-16(14-18(29-2)21(17)27)3-4-19(25)23-7-5-22(6-8-23)15-20(26)24-9-11-30-12-10-24/h3-4,13-14,27H,5-12,15H2,1-2H3. The summed E-state index contributed by atoms with van der Waals surface area (Å²) < 4.78 is 15.6. The minimum absolute atomic E-state index is 0.0776. The van der Waals surface area contributed by atoms with Crippen LogP contribution in [0.25, 0.3) is 6.08 Å². The molecule has 2 saturated heterocycles. The summed E-state index contributed by atoms with van der Waals surface area (Å²) in [6.45, 7) is 5.34. The molecule has 0 aromatic heterocycles. The van der Waals surface area contributed by atoms with E-state index in [0.29, 0.717) is 64.6 Å². The van der Waals surface area contributed by atoms with Gasteiger partial charge >= 0.3 is 0 Å². The first kappa shape index (κ1) is 21.9. The molecule has 0 spiro atoms. The Morgan fingerprint density at radius 1 is 1.00 bits per heavy atom. The summed E-state index contributed by atoms with van der Waals surface area (Å²) in [7, 11) is 2.91. The van der Waals surface area contributed by atoms with Gasteiger partial charge in [-0.1, -0.05) is 0 Å². The molecule has 0 unspecified atom stereocenters. The Bertz CT molecular complexity index is 758. The zero-order valence-electron chi connectivity index (χ0n) is 17.5. The summed E-state index contributed by atoms with van der Waals surface area (Å²) >= 11 is 0. The first-order valence-electron chi connectivity index (χ1n) is 10.0. The molecule has 2 amide bonds. The zero-order chi connectivity index (χ0) is 21.5. The Hall–Kier alpha value is -2.78. The number of methoxy groups -OCH3 is 2. The molecular formula is C21H29N3O6. The van der Waals surface area contributed by atoms with Crippen LogP contribution in [0.5, 0.6) is 17.2 Å². The van der Waals surface area contributed by atoms with Crippen LogP contribution < -0.4 is 9.47 Å². The van der Waals surface area contributed by atoms with Crippen molar-refractivity contribution in [2.24, 2.45) is 0 Å². The molecule has 30 heavy (non-hydrogen) atoms. The van der Waals surface area contributed by atoms with Gasteiger partial charge in [-0.05, 0) is 23.8 Å². The van der Waals surface area contributed by atoms with Gasteiger partial charge in [0.2, 0.25) is 17.6 Å². The van der Waals surface area contributed by atoms with Gasteiger partial charge in [0.15, 0.2) is 11.5 Å². The van der Waals surface area contributed by atoms with E-state index in [1.54, 1.807) is 23.1 Å². The second-order valence-electron chi connectivity index (χ2n) is 7.20. The summed E-state index contributed by atoms with van der Waals surface area (Å²) in [5, 5.41) is 9.98. The normalized spacial score (nSPS) is 17.9. The van der Waals surface area contributed by atoms with Gasteiger partial charge in [-0.3, -0.25) is 14.5 Å². The van der Waals surface area contributed by atoms with Gasteiger partial charge in [-0.15, -0.1) is 0 Å². The maximum absolute atomic E-state index is 12.5. The molecule has 9 heteroatoms. The Balaban J connectivity index is 1.51. The number of nitrogens with zero attached hydrogens (tertiary/aromatic N) is 3. The lowest BCUT2D eigenvalue weighted by Gasteiger charge is -2.35. The number of ether oxygens (including phenoxy) is 3. The smallest absolute Gasteiger partial charge is 0.246 e. The van der Waals surface area contributed by atoms with Crippen molar-refractivity contribution in [3.63, 3.8) is 0 Å². The summed E-state index contributed by atoms with van der Waals surface area (Å²) in [5.74, 6) is 0.500. The predicted octanol–water partition coefficient (Wildman–Crippen LogP) is 0.426. The van der Waals surface area contributed by atoms with Crippen LogP contribution in [0.3, 0.4) is 0 Å². The largest absolute Gasteiger partial charge is 0.502 e. The average molecular weight is 419 g/mol. The number of carbonyl (C=O) groups excluding carboxylic acids is 2. The van der Waals surface area contributed by atoms with Crippen LogP contribution in [-0.2, 0) is 14.3 Å². The maximum atomic E-state index is 12.5. The molecule has 3 rings (SSSR count). The van der Waals surface area contributed by atoms with Crippen molar-refractivity contribution in [1.29, 1.82) is 0 Å². The van der Waals surface area contributed by atoms with Gasteiger partial charge in [-0.25, -0.2) is 0 Å². The van der Waals surface area contributed by atoms with Crippen LogP contribution in [0, 0.1) is 0 Å². The van der Waals surface area contributed by atoms with E-state index < -0.39 is 0 Å². The molecule has 0 atom stereocenters. The van der Waals surface area contributed by atoms with Crippen molar-refractivity contribution in [1.82, 2.24) is 14.7 Å². The molecule has 2 aliphatic rings. The zero-order valence-corrected chi connectivity index (χ0v) is 17.5. The first-order valence-corrected chi connectivity index (χ1v) is 10.0. The van der Waals surface area contributed by atoms with E-state index in [0.717, 1.165) is 0 Å². The first-order chi connectivity index (χ1) is 14.5. The summed E-state index contributed by atoms with van der Waals surface area (Å²) in [5.41, 5.74) is 0.685. The van der Waals surface area contributed by atoms with E-state index >= 15 is 0 Å². The van der Waals surface area contributed by atoms with Gasteiger partial charge in [-0.2, -0.15) is 0 Å². The number of aromatic hydroxyl groups is 1. The SMILES string of the molecule is COc1cc(C=CC(=O)N2CCN(CC(=O)N3CCOCC3)CC2)cc(OC)c1O. The van der Waals surface area contributed by atoms with Gasteiger partial charge < -0.3 is 29.1 Å². The highest BCUT2D eigenvalue weighted by molar-refractivity contribution is 5.92. The van der Waals surface area contributed by atoms with Crippen LogP contribution in [0.1, 0.15) is 5.56 Å². The number of carbonyl (C=O) groups is 2.